The van der Waals surface area contributed by atoms with Crippen molar-refractivity contribution in [3.63, 3.8) is 0 Å². The molecule has 1 fully saturated rings. The van der Waals surface area contributed by atoms with Crippen LogP contribution in [0.15, 0.2) is 24.9 Å². The van der Waals surface area contributed by atoms with Crippen LogP contribution in [0.1, 0.15) is 23.5 Å². The van der Waals surface area contributed by atoms with Gasteiger partial charge in [-0.25, -0.2) is 15.0 Å². The van der Waals surface area contributed by atoms with Crippen molar-refractivity contribution >= 4 is 0 Å². The van der Waals surface area contributed by atoms with Crippen LogP contribution in [0.25, 0.3) is 0 Å². The van der Waals surface area contributed by atoms with Crippen molar-refractivity contribution in [2.45, 2.75) is 38.6 Å². The summed E-state index contributed by atoms with van der Waals surface area (Å²) in [6.45, 7) is 6.48. The zero-order valence-electron chi connectivity index (χ0n) is 14.1. The first-order valence-corrected chi connectivity index (χ1v) is 8.57. The molecular weight excluding hydrogens is 304 g/mol. The van der Waals surface area contributed by atoms with Crippen molar-refractivity contribution in [3.8, 4) is 0 Å². The first-order chi connectivity index (χ1) is 11.8. The third-order valence-corrected chi connectivity index (χ3v) is 4.80. The maximum Gasteiger partial charge on any atom is 0.123 e. The number of ether oxygens (including phenoxy) is 1. The highest BCUT2D eigenvalue weighted by Gasteiger charge is 2.27. The van der Waals surface area contributed by atoms with Gasteiger partial charge < -0.3 is 9.30 Å². The molecule has 1 saturated heterocycles. The number of hydrogen-bond acceptors (Lipinski definition) is 6. The van der Waals surface area contributed by atoms with E-state index in [9.17, 15) is 0 Å². The molecule has 0 radical (unpaired) electrons. The van der Waals surface area contributed by atoms with Gasteiger partial charge in [-0.05, 0) is 13.5 Å². The molecule has 2 aromatic rings. The number of hydrogen-bond donors (Lipinski definition) is 0. The van der Waals surface area contributed by atoms with Crippen LogP contribution in [0.5, 0.6) is 0 Å². The molecule has 0 aliphatic carbocycles. The monoisotopic (exact) mass is 328 g/mol. The van der Waals surface area contributed by atoms with Gasteiger partial charge in [0.1, 0.15) is 12.2 Å². The Morgan fingerprint density at radius 1 is 1.25 bits per heavy atom. The summed E-state index contributed by atoms with van der Waals surface area (Å²) in [6.07, 6.45) is 8.64. The van der Waals surface area contributed by atoms with Crippen molar-refractivity contribution in [2.24, 2.45) is 0 Å². The fourth-order valence-corrected chi connectivity index (χ4v) is 3.58. The second-order valence-corrected chi connectivity index (χ2v) is 6.75. The maximum absolute atomic E-state index is 5.53. The van der Waals surface area contributed by atoms with Crippen molar-refractivity contribution in [1.82, 2.24) is 29.3 Å². The van der Waals surface area contributed by atoms with Gasteiger partial charge in [-0.15, -0.1) is 0 Å². The summed E-state index contributed by atoms with van der Waals surface area (Å²) >= 11 is 0. The van der Waals surface area contributed by atoms with Gasteiger partial charge in [-0.2, -0.15) is 0 Å². The SMILES string of the molecule is CN(Cc1cncnc1)Cc1cn2c(n1)CN(C1CCOC1)CC2. The molecule has 0 amide bonds. The Morgan fingerprint density at radius 2 is 2.12 bits per heavy atom. The van der Waals surface area contributed by atoms with Crippen LogP contribution in [0.2, 0.25) is 0 Å². The standard InChI is InChI=1S/C17H24N6O/c1-21(8-14-6-18-13-19-7-14)9-15-10-23-4-3-22(11-17(23)20-15)16-2-5-24-12-16/h6-7,10,13,16H,2-5,8-9,11-12H2,1H3. The number of fused-ring (bicyclic) bond motifs is 1. The molecule has 1 atom stereocenters. The number of aromatic nitrogens is 4. The minimum atomic E-state index is 0.569. The van der Waals surface area contributed by atoms with Crippen molar-refractivity contribution < 1.29 is 4.74 Å². The van der Waals surface area contributed by atoms with Crippen molar-refractivity contribution in [3.05, 3.63) is 42.0 Å². The van der Waals surface area contributed by atoms with Crippen LogP contribution < -0.4 is 0 Å². The summed E-state index contributed by atoms with van der Waals surface area (Å²) in [4.78, 5) is 17.8. The zero-order chi connectivity index (χ0) is 16.4. The molecule has 4 rings (SSSR count). The smallest absolute Gasteiger partial charge is 0.123 e. The van der Waals surface area contributed by atoms with Crippen molar-refractivity contribution in [1.29, 1.82) is 0 Å². The fourth-order valence-electron chi connectivity index (χ4n) is 3.58. The fraction of sp³-hybridized carbons (Fsp3) is 0.588. The van der Waals surface area contributed by atoms with Gasteiger partial charge in [0.25, 0.3) is 0 Å². The molecule has 2 aliphatic rings. The van der Waals surface area contributed by atoms with E-state index in [0.29, 0.717) is 6.04 Å². The molecule has 128 valence electrons. The van der Waals surface area contributed by atoms with E-state index in [1.54, 1.807) is 6.33 Å². The predicted molar refractivity (Wildman–Crippen MR) is 89.1 cm³/mol. The Morgan fingerprint density at radius 3 is 2.92 bits per heavy atom. The van der Waals surface area contributed by atoms with Gasteiger partial charge in [-0.1, -0.05) is 0 Å². The molecule has 7 heteroatoms. The average molecular weight is 328 g/mol. The zero-order valence-corrected chi connectivity index (χ0v) is 14.1. The molecule has 1 unspecified atom stereocenters. The molecule has 0 saturated carbocycles. The Kier molecular flexibility index (Phi) is 4.55. The first kappa shape index (κ1) is 15.7. The molecule has 2 aromatic heterocycles. The van der Waals surface area contributed by atoms with E-state index >= 15 is 0 Å². The largest absolute Gasteiger partial charge is 0.380 e. The summed E-state index contributed by atoms with van der Waals surface area (Å²) in [7, 11) is 2.10. The molecular formula is C17H24N6O. The van der Waals surface area contributed by atoms with E-state index in [1.165, 1.54) is 5.82 Å². The van der Waals surface area contributed by atoms with Crippen LogP contribution in [-0.2, 0) is 30.9 Å². The topological polar surface area (TPSA) is 59.3 Å². The van der Waals surface area contributed by atoms with Gasteiger partial charge in [0.15, 0.2) is 0 Å². The normalized spacial score (nSPS) is 21.3. The van der Waals surface area contributed by atoms with E-state index in [2.05, 4.69) is 37.6 Å². The quantitative estimate of drug-likeness (QED) is 0.813. The molecule has 2 aliphatic heterocycles. The first-order valence-electron chi connectivity index (χ1n) is 8.57. The van der Waals surface area contributed by atoms with E-state index in [-0.39, 0.29) is 0 Å². The molecule has 0 spiro atoms. The van der Waals surface area contributed by atoms with Gasteiger partial charge in [0.2, 0.25) is 0 Å². The van der Waals surface area contributed by atoms with Gasteiger partial charge >= 0.3 is 0 Å². The Labute approximate surface area is 142 Å². The highest BCUT2D eigenvalue weighted by atomic mass is 16.5. The van der Waals surface area contributed by atoms with Crippen LogP contribution in [0.3, 0.4) is 0 Å². The predicted octanol–water partition coefficient (Wildman–Crippen LogP) is 0.910. The Bertz CT molecular complexity index is 667. The molecule has 7 nitrogen and oxygen atoms in total. The van der Waals surface area contributed by atoms with E-state index in [4.69, 9.17) is 9.72 Å². The molecule has 0 bridgehead atoms. The third kappa shape index (κ3) is 3.48. The minimum absolute atomic E-state index is 0.569. The van der Waals surface area contributed by atoms with Gasteiger partial charge in [0.05, 0.1) is 18.8 Å². The Hall–Kier alpha value is -1.83. The van der Waals surface area contributed by atoms with E-state index in [1.807, 2.05) is 12.4 Å². The molecule has 4 heterocycles. The summed E-state index contributed by atoms with van der Waals surface area (Å²) < 4.78 is 7.83. The van der Waals surface area contributed by atoms with Crippen molar-refractivity contribution in [2.75, 3.05) is 26.8 Å². The summed E-state index contributed by atoms with van der Waals surface area (Å²) in [5.74, 6) is 1.18. The molecule has 0 aromatic carbocycles. The summed E-state index contributed by atoms with van der Waals surface area (Å²) in [6, 6.07) is 0.569. The van der Waals surface area contributed by atoms with E-state index < -0.39 is 0 Å². The second kappa shape index (κ2) is 6.96. The number of nitrogens with zero attached hydrogens (tertiary/aromatic N) is 6. The highest BCUT2D eigenvalue weighted by molar-refractivity contribution is 5.08. The maximum atomic E-state index is 5.53. The summed E-state index contributed by atoms with van der Waals surface area (Å²) in [5.41, 5.74) is 2.25. The number of imidazole rings is 1. The summed E-state index contributed by atoms with van der Waals surface area (Å²) in [5, 5.41) is 0. The Balaban J connectivity index is 1.37. The van der Waals surface area contributed by atoms with Crippen LogP contribution in [0.4, 0.5) is 0 Å². The van der Waals surface area contributed by atoms with Gasteiger partial charge in [0, 0.05) is 63.0 Å². The highest BCUT2D eigenvalue weighted by Crippen LogP contribution is 2.20. The lowest BCUT2D eigenvalue weighted by atomic mass is 10.2. The lowest BCUT2D eigenvalue weighted by Gasteiger charge is -2.31. The second-order valence-electron chi connectivity index (χ2n) is 6.75. The van der Waals surface area contributed by atoms with Gasteiger partial charge in [-0.3, -0.25) is 9.80 Å². The lowest BCUT2D eigenvalue weighted by Crippen LogP contribution is -2.41. The number of rotatable bonds is 5. The third-order valence-electron chi connectivity index (χ3n) is 4.80. The van der Waals surface area contributed by atoms with Crippen LogP contribution >= 0.6 is 0 Å². The van der Waals surface area contributed by atoms with Crippen LogP contribution in [0, 0.1) is 0 Å². The average Bonchev–Trinajstić information content (AvgIpc) is 3.24. The lowest BCUT2D eigenvalue weighted by molar-refractivity contribution is 0.121. The van der Waals surface area contributed by atoms with E-state index in [0.717, 1.165) is 63.6 Å². The molecule has 0 N–H and O–H groups in total. The molecule has 24 heavy (non-hydrogen) atoms. The van der Waals surface area contributed by atoms with Crippen LogP contribution in [-0.4, -0.2) is 62.2 Å². The minimum Gasteiger partial charge on any atom is -0.380 e.